The molecule has 1 amide bonds. The number of halogens is 4. The molecule has 4 aromatic rings. The summed E-state index contributed by atoms with van der Waals surface area (Å²) in [5.41, 5.74) is 1.78. The van der Waals surface area contributed by atoms with E-state index in [1.807, 2.05) is 52.2 Å². The van der Waals surface area contributed by atoms with Crippen molar-refractivity contribution >= 4 is 45.9 Å². The zero-order chi connectivity index (χ0) is 31.2. The van der Waals surface area contributed by atoms with Gasteiger partial charge < -0.3 is 25.2 Å². The Morgan fingerprint density at radius 2 is 1.81 bits per heavy atom. The Balaban J connectivity index is 0.000000616. The maximum absolute atomic E-state index is 12.1. The van der Waals surface area contributed by atoms with Gasteiger partial charge in [-0.2, -0.15) is 18.3 Å². The lowest BCUT2D eigenvalue weighted by molar-refractivity contribution is -0.192. The smallest absolute Gasteiger partial charge is 0.490 e. The molecule has 0 fully saturated rings. The van der Waals surface area contributed by atoms with E-state index in [0.717, 1.165) is 11.3 Å². The minimum Gasteiger partial charge on any atom is -0.495 e. The van der Waals surface area contributed by atoms with Gasteiger partial charge in [0, 0.05) is 24.3 Å². The number of nitrogens with one attached hydrogen (secondary N) is 2. The zero-order valence-corrected chi connectivity index (χ0v) is 24.0. The van der Waals surface area contributed by atoms with Crippen LogP contribution in [0.1, 0.15) is 20.8 Å². The Labute approximate surface area is 243 Å². The minimum atomic E-state index is -5.08. The number of carbonyl (C=O) groups excluding carboxylic acids is 1. The van der Waals surface area contributed by atoms with Gasteiger partial charge in [0.15, 0.2) is 12.4 Å². The highest BCUT2D eigenvalue weighted by Crippen LogP contribution is 2.38. The SMILES string of the molecule is COc1ccc2nc(-c3cccc(OCC(=O)NC(C)(C)C)c3)nc(Nc3cnn(C)c3)c2c1Cl.O=C(O)C(F)(F)F. The van der Waals surface area contributed by atoms with Crippen LogP contribution in [0.3, 0.4) is 0 Å². The molecule has 4 rings (SSSR count). The molecule has 15 heteroatoms. The molecular weight excluding hydrogens is 581 g/mol. The first-order valence-corrected chi connectivity index (χ1v) is 12.6. The quantitative estimate of drug-likeness (QED) is 0.253. The second-order valence-corrected chi connectivity index (χ2v) is 10.2. The van der Waals surface area contributed by atoms with E-state index in [4.69, 9.17) is 40.9 Å². The highest BCUT2D eigenvalue weighted by atomic mass is 35.5. The van der Waals surface area contributed by atoms with Gasteiger partial charge in [-0.25, -0.2) is 14.8 Å². The summed E-state index contributed by atoms with van der Waals surface area (Å²) in [5, 5.41) is 18.5. The normalized spacial score (nSPS) is 11.4. The van der Waals surface area contributed by atoms with E-state index >= 15 is 0 Å². The van der Waals surface area contributed by atoms with Crippen molar-refractivity contribution in [1.82, 2.24) is 25.1 Å². The lowest BCUT2D eigenvalue weighted by Gasteiger charge is -2.20. The summed E-state index contributed by atoms with van der Waals surface area (Å²) in [4.78, 5) is 30.5. The van der Waals surface area contributed by atoms with Crippen molar-refractivity contribution in [3.05, 3.63) is 53.8 Å². The Morgan fingerprint density at radius 3 is 2.38 bits per heavy atom. The van der Waals surface area contributed by atoms with Gasteiger partial charge in [-0.05, 0) is 45.0 Å². The van der Waals surface area contributed by atoms with Crippen LogP contribution in [0, 0.1) is 0 Å². The summed E-state index contributed by atoms with van der Waals surface area (Å²) in [6, 6.07) is 10.9. The molecule has 0 saturated heterocycles. The number of aryl methyl sites for hydroxylation is 1. The monoisotopic (exact) mass is 608 g/mol. The lowest BCUT2D eigenvalue weighted by atomic mass is 10.1. The van der Waals surface area contributed by atoms with Crippen LogP contribution in [0.4, 0.5) is 24.7 Å². The Bertz CT molecular complexity index is 1590. The molecule has 2 aromatic heterocycles. The summed E-state index contributed by atoms with van der Waals surface area (Å²) >= 11 is 6.63. The largest absolute Gasteiger partial charge is 0.495 e. The van der Waals surface area contributed by atoms with Crippen molar-refractivity contribution in [2.75, 3.05) is 19.0 Å². The first kappa shape index (κ1) is 31.9. The van der Waals surface area contributed by atoms with Crippen LogP contribution in [-0.4, -0.2) is 62.2 Å². The van der Waals surface area contributed by atoms with Crippen molar-refractivity contribution in [3.63, 3.8) is 0 Å². The first-order chi connectivity index (χ1) is 19.6. The number of rotatable bonds is 7. The van der Waals surface area contributed by atoms with Gasteiger partial charge in [-0.1, -0.05) is 23.7 Å². The number of anilines is 2. The predicted octanol–water partition coefficient (Wildman–Crippen LogP) is 5.36. The van der Waals surface area contributed by atoms with E-state index in [2.05, 4.69) is 15.7 Å². The van der Waals surface area contributed by atoms with Gasteiger partial charge in [0.05, 0.1) is 34.9 Å². The number of nitrogens with zero attached hydrogens (tertiary/aromatic N) is 4. The molecule has 0 aliphatic carbocycles. The molecule has 11 nitrogen and oxygen atoms in total. The van der Waals surface area contributed by atoms with Crippen LogP contribution in [0.5, 0.6) is 11.5 Å². The molecule has 0 atom stereocenters. The molecule has 0 bridgehead atoms. The average Bonchev–Trinajstić information content (AvgIpc) is 3.30. The molecule has 0 spiro atoms. The summed E-state index contributed by atoms with van der Waals surface area (Å²) in [7, 11) is 3.39. The topological polar surface area (TPSA) is 140 Å². The molecule has 0 aliphatic rings. The van der Waals surface area contributed by atoms with Crippen LogP contribution in [0.15, 0.2) is 48.8 Å². The summed E-state index contributed by atoms with van der Waals surface area (Å²) in [5.74, 6) is -0.921. The standard InChI is InChI=1S/C25H27ClN6O3.C2HF3O2/c1-25(2,3)31-20(33)14-35-17-8-6-7-15(11-17)23-29-18-9-10-19(34-5)22(26)21(18)24(30-23)28-16-12-27-32(4)13-16;3-2(4,5)1(6)7/h6-13H,14H2,1-5H3,(H,31,33)(H,28,29,30);(H,6,7). The van der Waals surface area contributed by atoms with E-state index in [-0.39, 0.29) is 18.1 Å². The van der Waals surface area contributed by atoms with Crippen molar-refractivity contribution in [2.45, 2.75) is 32.5 Å². The summed E-state index contributed by atoms with van der Waals surface area (Å²) in [6.45, 7) is 5.66. The van der Waals surface area contributed by atoms with E-state index in [0.29, 0.717) is 39.1 Å². The van der Waals surface area contributed by atoms with Gasteiger partial charge in [-0.15, -0.1) is 0 Å². The number of ether oxygens (including phenoxy) is 2. The molecule has 0 saturated carbocycles. The molecule has 3 N–H and O–H groups in total. The molecule has 42 heavy (non-hydrogen) atoms. The van der Waals surface area contributed by atoms with Gasteiger partial charge in [0.1, 0.15) is 17.3 Å². The second kappa shape index (κ2) is 12.9. The summed E-state index contributed by atoms with van der Waals surface area (Å²) < 4.78 is 44.5. The number of alkyl halides is 3. The number of aliphatic carboxylic acids is 1. The van der Waals surface area contributed by atoms with Crippen molar-refractivity contribution in [1.29, 1.82) is 0 Å². The summed E-state index contributed by atoms with van der Waals surface area (Å²) in [6.07, 6.45) is -1.56. The van der Waals surface area contributed by atoms with Crippen molar-refractivity contribution < 1.29 is 37.3 Å². The molecular formula is C27H28ClF3N6O5. The Hall–Kier alpha value is -4.59. The predicted molar refractivity (Wildman–Crippen MR) is 150 cm³/mol. The molecule has 0 aliphatic heterocycles. The van der Waals surface area contributed by atoms with Crippen molar-refractivity contribution in [3.8, 4) is 22.9 Å². The van der Waals surface area contributed by atoms with Gasteiger partial charge in [0.2, 0.25) is 0 Å². The third-order valence-corrected chi connectivity index (χ3v) is 5.55. The molecule has 0 radical (unpaired) electrons. The number of fused-ring (bicyclic) bond motifs is 1. The highest BCUT2D eigenvalue weighted by molar-refractivity contribution is 6.38. The number of methoxy groups -OCH3 is 1. The third kappa shape index (κ3) is 8.70. The van der Waals surface area contributed by atoms with Crippen molar-refractivity contribution in [2.24, 2.45) is 7.05 Å². The molecule has 2 heterocycles. The van der Waals surface area contributed by atoms with E-state index in [1.165, 1.54) is 0 Å². The van der Waals surface area contributed by atoms with Crippen LogP contribution in [0.25, 0.3) is 22.3 Å². The van der Waals surface area contributed by atoms with Crippen LogP contribution in [-0.2, 0) is 16.6 Å². The number of benzene rings is 2. The van der Waals surface area contributed by atoms with E-state index in [9.17, 15) is 18.0 Å². The highest BCUT2D eigenvalue weighted by Gasteiger charge is 2.38. The van der Waals surface area contributed by atoms with E-state index < -0.39 is 12.1 Å². The number of hydrogen-bond donors (Lipinski definition) is 3. The number of carboxylic acids is 1. The second-order valence-electron chi connectivity index (χ2n) is 9.82. The fourth-order valence-corrected chi connectivity index (χ4v) is 3.82. The Kier molecular flexibility index (Phi) is 9.83. The van der Waals surface area contributed by atoms with Crippen LogP contribution < -0.4 is 20.1 Å². The number of carboxylic acid groups (broad SMARTS) is 1. The maximum atomic E-state index is 12.1. The zero-order valence-electron chi connectivity index (χ0n) is 23.2. The number of carbonyl (C=O) groups is 2. The maximum Gasteiger partial charge on any atom is 0.490 e. The van der Waals surface area contributed by atoms with Gasteiger partial charge in [-0.3, -0.25) is 9.48 Å². The third-order valence-electron chi connectivity index (χ3n) is 5.17. The molecule has 2 aromatic carbocycles. The average molecular weight is 609 g/mol. The molecule has 224 valence electrons. The van der Waals surface area contributed by atoms with E-state index in [1.54, 1.807) is 36.2 Å². The molecule has 0 unspecified atom stereocenters. The number of amides is 1. The number of aromatic nitrogens is 4. The fourth-order valence-electron chi connectivity index (χ4n) is 3.49. The van der Waals surface area contributed by atoms with Crippen LogP contribution >= 0.6 is 11.6 Å². The van der Waals surface area contributed by atoms with Gasteiger partial charge in [0.25, 0.3) is 5.91 Å². The van der Waals surface area contributed by atoms with Crippen LogP contribution in [0.2, 0.25) is 5.02 Å². The fraction of sp³-hybridized carbons (Fsp3) is 0.296. The lowest BCUT2D eigenvalue weighted by Crippen LogP contribution is -2.43. The Morgan fingerprint density at radius 1 is 1.12 bits per heavy atom. The van der Waals surface area contributed by atoms with Gasteiger partial charge >= 0.3 is 12.1 Å². The first-order valence-electron chi connectivity index (χ1n) is 12.2. The number of hydrogen-bond acceptors (Lipinski definition) is 8. The minimum absolute atomic E-state index is 0.0947.